The smallest absolute Gasteiger partial charge is 0.103 e. The summed E-state index contributed by atoms with van der Waals surface area (Å²) in [5.74, 6) is 1.74. The minimum atomic E-state index is 0.638. The Morgan fingerprint density at radius 3 is 2.64 bits per heavy atom. The first-order valence-corrected chi connectivity index (χ1v) is 4.35. The molecule has 0 aliphatic heterocycles. The van der Waals surface area contributed by atoms with Crippen LogP contribution >= 0.6 is 0 Å². The summed E-state index contributed by atoms with van der Waals surface area (Å²) in [6.45, 7) is 6.53. The Morgan fingerprint density at radius 2 is 2.18 bits per heavy atom. The number of rotatable bonds is 3. The minimum Gasteiger partial charge on any atom is -0.469 e. The average molecular weight is 152 g/mol. The van der Waals surface area contributed by atoms with Crippen molar-refractivity contribution in [1.82, 2.24) is 0 Å². The highest BCUT2D eigenvalue weighted by molar-refractivity contribution is 5.16. The fourth-order valence-electron chi connectivity index (χ4n) is 1.08. The molecular weight excluding hydrogens is 136 g/mol. The Labute approximate surface area is 68.4 Å². The molecule has 0 radical (unpaired) electrons. The predicted octanol–water partition coefficient (Wildman–Crippen LogP) is 3.36. The van der Waals surface area contributed by atoms with Crippen molar-refractivity contribution in [1.29, 1.82) is 0 Å². The lowest BCUT2D eigenvalue weighted by Gasteiger charge is -2.01. The standard InChI is InChI=1S/C10H16O/c1-4-8(3)9-6-10(5-2)11-7-9/h6-8H,4-5H2,1-3H3. The summed E-state index contributed by atoms with van der Waals surface area (Å²) in [5, 5.41) is 0. The highest BCUT2D eigenvalue weighted by atomic mass is 16.3. The van der Waals surface area contributed by atoms with Crippen LogP contribution in [0.3, 0.4) is 0 Å². The molecule has 0 amide bonds. The number of hydrogen-bond acceptors (Lipinski definition) is 1. The molecule has 1 unspecified atom stereocenters. The van der Waals surface area contributed by atoms with E-state index in [-0.39, 0.29) is 0 Å². The highest BCUT2D eigenvalue weighted by Crippen LogP contribution is 2.20. The van der Waals surface area contributed by atoms with E-state index in [2.05, 4.69) is 26.8 Å². The van der Waals surface area contributed by atoms with Gasteiger partial charge >= 0.3 is 0 Å². The molecule has 0 aliphatic rings. The molecule has 0 bridgehead atoms. The van der Waals surface area contributed by atoms with Gasteiger partial charge in [-0.3, -0.25) is 0 Å². The van der Waals surface area contributed by atoms with E-state index in [9.17, 15) is 0 Å². The average Bonchev–Trinajstić information content (AvgIpc) is 2.50. The van der Waals surface area contributed by atoms with Gasteiger partial charge in [0.15, 0.2) is 0 Å². The van der Waals surface area contributed by atoms with Gasteiger partial charge in [-0.15, -0.1) is 0 Å². The van der Waals surface area contributed by atoms with Gasteiger partial charge in [0.1, 0.15) is 5.76 Å². The maximum Gasteiger partial charge on any atom is 0.103 e. The first-order valence-electron chi connectivity index (χ1n) is 4.35. The largest absolute Gasteiger partial charge is 0.469 e. The van der Waals surface area contributed by atoms with Crippen LogP contribution in [0.4, 0.5) is 0 Å². The quantitative estimate of drug-likeness (QED) is 0.647. The molecule has 0 spiro atoms. The number of furan rings is 1. The van der Waals surface area contributed by atoms with Gasteiger partial charge in [0.05, 0.1) is 6.26 Å². The van der Waals surface area contributed by atoms with Crippen LogP contribution in [0.5, 0.6) is 0 Å². The van der Waals surface area contributed by atoms with Crippen molar-refractivity contribution in [2.24, 2.45) is 0 Å². The molecule has 1 heterocycles. The second kappa shape index (κ2) is 3.61. The van der Waals surface area contributed by atoms with Gasteiger partial charge in [0.2, 0.25) is 0 Å². The molecule has 1 rings (SSSR count). The fraction of sp³-hybridized carbons (Fsp3) is 0.600. The minimum absolute atomic E-state index is 0.638. The molecule has 0 aromatic carbocycles. The summed E-state index contributed by atoms with van der Waals surface area (Å²) < 4.78 is 5.34. The second-order valence-corrected chi connectivity index (χ2v) is 3.01. The molecule has 1 atom stereocenters. The van der Waals surface area contributed by atoms with Crippen molar-refractivity contribution in [3.05, 3.63) is 23.7 Å². The lowest BCUT2D eigenvalue weighted by Crippen LogP contribution is -1.86. The molecular formula is C10H16O. The van der Waals surface area contributed by atoms with E-state index in [0.717, 1.165) is 12.2 Å². The molecule has 11 heavy (non-hydrogen) atoms. The van der Waals surface area contributed by atoms with Crippen molar-refractivity contribution >= 4 is 0 Å². The molecule has 1 heteroatoms. The van der Waals surface area contributed by atoms with Gasteiger partial charge < -0.3 is 4.42 Å². The molecule has 0 N–H and O–H groups in total. The van der Waals surface area contributed by atoms with Gasteiger partial charge in [-0.25, -0.2) is 0 Å². The summed E-state index contributed by atoms with van der Waals surface area (Å²) in [5.41, 5.74) is 1.34. The summed E-state index contributed by atoms with van der Waals surface area (Å²) in [6, 6.07) is 2.16. The van der Waals surface area contributed by atoms with Gasteiger partial charge in [0.25, 0.3) is 0 Å². The zero-order valence-electron chi connectivity index (χ0n) is 7.55. The van der Waals surface area contributed by atoms with Gasteiger partial charge in [0, 0.05) is 6.42 Å². The zero-order valence-corrected chi connectivity index (χ0v) is 7.55. The van der Waals surface area contributed by atoms with Crippen LogP contribution in [0.1, 0.15) is 44.4 Å². The van der Waals surface area contributed by atoms with E-state index < -0.39 is 0 Å². The van der Waals surface area contributed by atoms with E-state index in [0.29, 0.717) is 5.92 Å². The SMILES string of the molecule is CCc1cc(C(C)CC)co1. The molecule has 0 fully saturated rings. The van der Waals surface area contributed by atoms with Crippen LogP contribution in [0.25, 0.3) is 0 Å². The van der Waals surface area contributed by atoms with Crippen LogP contribution < -0.4 is 0 Å². The number of hydrogen-bond donors (Lipinski definition) is 0. The Morgan fingerprint density at radius 1 is 1.45 bits per heavy atom. The third kappa shape index (κ3) is 1.86. The van der Waals surface area contributed by atoms with Crippen LogP contribution in [-0.4, -0.2) is 0 Å². The Bertz CT molecular complexity index is 212. The molecule has 1 aromatic heterocycles. The maximum absolute atomic E-state index is 5.34. The van der Waals surface area contributed by atoms with E-state index in [1.54, 1.807) is 0 Å². The third-order valence-corrected chi connectivity index (χ3v) is 2.20. The van der Waals surface area contributed by atoms with Crippen LogP contribution in [-0.2, 0) is 6.42 Å². The van der Waals surface area contributed by atoms with E-state index in [4.69, 9.17) is 4.42 Å². The normalized spacial score (nSPS) is 13.4. The highest BCUT2D eigenvalue weighted by Gasteiger charge is 2.05. The molecule has 0 saturated carbocycles. The molecule has 0 saturated heterocycles. The van der Waals surface area contributed by atoms with Crippen LogP contribution in [0.15, 0.2) is 16.7 Å². The molecule has 62 valence electrons. The maximum atomic E-state index is 5.34. The zero-order chi connectivity index (χ0) is 8.27. The topological polar surface area (TPSA) is 13.1 Å². The van der Waals surface area contributed by atoms with E-state index >= 15 is 0 Å². The summed E-state index contributed by atoms with van der Waals surface area (Å²) in [6.07, 6.45) is 4.06. The van der Waals surface area contributed by atoms with Crippen LogP contribution in [0, 0.1) is 0 Å². The predicted molar refractivity (Wildman–Crippen MR) is 46.8 cm³/mol. The molecule has 1 aromatic rings. The van der Waals surface area contributed by atoms with E-state index in [1.807, 2.05) is 6.26 Å². The monoisotopic (exact) mass is 152 g/mol. The van der Waals surface area contributed by atoms with Crippen LogP contribution in [0.2, 0.25) is 0 Å². The third-order valence-electron chi connectivity index (χ3n) is 2.20. The first-order chi connectivity index (χ1) is 5.27. The van der Waals surface area contributed by atoms with Crippen molar-refractivity contribution in [3.63, 3.8) is 0 Å². The summed E-state index contributed by atoms with van der Waals surface area (Å²) >= 11 is 0. The van der Waals surface area contributed by atoms with Crippen molar-refractivity contribution < 1.29 is 4.42 Å². The van der Waals surface area contributed by atoms with Crippen molar-refractivity contribution in [2.75, 3.05) is 0 Å². The fourth-order valence-corrected chi connectivity index (χ4v) is 1.08. The van der Waals surface area contributed by atoms with Crippen molar-refractivity contribution in [3.8, 4) is 0 Å². The van der Waals surface area contributed by atoms with Crippen molar-refractivity contribution in [2.45, 2.75) is 39.5 Å². The van der Waals surface area contributed by atoms with Gasteiger partial charge in [-0.2, -0.15) is 0 Å². The lowest BCUT2D eigenvalue weighted by atomic mass is 10.0. The Balaban J connectivity index is 2.71. The Hall–Kier alpha value is -0.720. The Kier molecular flexibility index (Phi) is 2.75. The van der Waals surface area contributed by atoms with Gasteiger partial charge in [-0.1, -0.05) is 20.8 Å². The molecule has 1 nitrogen and oxygen atoms in total. The molecule has 0 aliphatic carbocycles. The first kappa shape index (κ1) is 8.38. The second-order valence-electron chi connectivity index (χ2n) is 3.01. The van der Waals surface area contributed by atoms with E-state index in [1.165, 1.54) is 12.0 Å². The summed E-state index contributed by atoms with van der Waals surface area (Å²) in [7, 11) is 0. The lowest BCUT2D eigenvalue weighted by molar-refractivity contribution is 0.511. The number of aryl methyl sites for hydroxylation is 1. The summed E-state index contributed by atoms with van der Waals surface area (Å²) in [4.78, 5) is 0. The van der Waals surface area contributed by atoms with Gasteiger partial charge in [-0.05, 0) is 24.0 Å².